The van der Waals surface area contributed by atoms with Gasteiger partial charge in [0.1, 0.15) is 5.75 Å². The fourth-order valence-corrected chi connectivity index (χ4v) is 3.84. The van der Waals surface area contributed by atoms with E-state index in [1.165, 1.54) is 16.3 Å². The van der Waals surface area contributed by atoms with Gasteiger partial charge in [0.2, 0.25) is 5.91 Å². The molecule has 30 heavy (non-hydrogen) atoms. The van der Waals surface area contributed by atoms with Crippen molar-refractivity contribution in [2.45, 2.75) is 32.0 Å². The maximum absolute atomic E-state index is 13.4. The van der Waals surface area contributed by atoms with Crippen LogP contribution in [-0.2, 0) is 4.79 Å². The first-order valence-corrected chi connectivity index (χ1v) is 11.0. The smallest absolute Gasteiger partial charge is 0.266 e. The Kier molecular flexibility index (Phi) is 7.05. The van der Waals surface area contributed by atoms with Crippen molar-refractivity contribution in [2.75, 3.05) is 12.9 Å². The van der Waals surface area contributed by atoms with Crippen LogP contribution in [0.25, 0.3) is 16.6 Å². The fourth-order valence-electron chi connectivity index (χ4n) is 2.85. The lowest BCUT2D eigenvalue weighted by Gasteiger charge is -2.18. The normalized spacial score (nSPS) is 12.2. The summed E-state index contributed by atoms with van der Waals surface area (Å²) in [4.78, 5) is 30.4. The van der Waals surface area contributed by atoms with E-state index in [0.29, 0.717) is 38.4 Å². The number of methoxy groups -OCH3 is 1. The number of rotatable bonds is 7. The highest BCUT2D eigenvalue weighted by atomic mass is 35.5. The second-order valence-electron chi connectivity index (χ2n) is 7.26. The number of para-hydroxylation sites is 2. The summed E-state index contributed by atoms with van der Waals surface area (Å²) in [5, 5.41) is 4.29. The van der Waals surface area contributed by atoms with Crippen LogP contribution in [0, 0.1) is 5.92 Å². The summed E-state index contributed by atoms with van der Waals surface area (Å²) in [6.07, 6.45) is 0. The number of ether oxygens (including phenoxy) is 1. The number of nitrogens with zero attached hydrogens (tertiary/aromatic N) is 2. The minimum Gasteiger partial charge on any atom is -0.495 e. The van der Waals surface area contributed by atoms with E-state index in [9.17, 15) is 9.59 Å². The number of amides is 1. The lowest BCUT2D eigenvalue weighted by atomic mass is 10.1. The Morgan fingerprint density at radius 1 is 1.23 bits per heavy atom. The molecule has 0 saturated carbocycles. The number of aromatic nitrogens is 2. The van der Waals surface area contributed by atoms with Crippen LogP contribution in [0.2, 0.25) is 5.02 Å². The molecule has 3 rings (SSSR count). The zero-order valence-corrected chi connectivity index (χ0v) is 18.9. The molecule has 6 nitrogen and oxygen atoms in total. The van der Waals surface area contributed by atoms with Gasteiger partial charge < -0.3 is 10.1 Å². The van der Waals surface area contributed by atoms with Crippen LogP contribution in [0.1, 0.15) is 20.8 Å². The lowest BCUT2D eigenvalue weighted by molar-refractivity contribution is -0.119. The fraction of sp³-hybridized carbons (Fsp3) is 0.318. The second kappa shape index (κ2) is 9.53. The molecule has 8 heteroatoms. The van der Waals surface area contributed by atoms with Gasteiger partial charge in [0, 0.05) is 11.1 Å². The molecule has 0 radical (unpaired) electrons. The maximum Gasteiger partial charge on any atom is 0.266 e. The topological polar surface area (TPSA) is 73.2 Å². The summed E-state index contributed by atoms with van der Waals surface area (Å²) in [5.74, 6) is 0.874. The number of benzene rings is 2. The van der Waals surface area contributed by atoms with Gasteiger partial charge in [0.15, 0.2) is 5.16 Å². The van der Waals surface area contributed by atoms with E-state index in [2.05, 4.69) is 10.3 Å². The molecular weight excluding hydrogens is 422 g/mol. The first kappa shape index (κ1) is 22.2. The number of carbonyl (C=O) groups is 1. The number of hydrogen-bond donors (Lipinski definition) is 1. The van der Waals surface area contributed by atoms with E-state index in [1.807, 2.05) is 32.9 Å². The molecule has 1 unspecified atom stereocenters. The van der Waals surface area contributed by atoms with Gasteiger partial charge in [-0.1, -0.05) is 49.3 Å². The van der Waals surface area contributed by atoms with Gasteiger partial charge in [-0.2, -0.15) is 0 Å². The van der Waals surface area contributed by atoms with Gasteiger partial charge in [-0.3, -0.25) is 14.2 Å². The standard InChI is InChI=1S/C22H24ClN3O3S/c1-13(2)14(3)24-20(27)12-30-22-25-17-11-15(23)9-10-16(17)21(28)26(22)18-7-5-6-8-19(18)29-4/h5-11,13-14H,12H2,1-4H3,(H,24,27). The van der Waals surface area contributed by atoms with Crippen molar-refractivity contribution in [3.05, 3.63) is 57.8 Å². The number of halogens is 1. The molecule has 1 heterocycles. The SMILES string of the molecule is COc1ccccc1-n1c(SCC(=O)NC(C)C(C)C)nc2cc(Cl)ccc2c1=O. The zero-order valence-electron chi connectivity index (χ0n) is 17.3. The highest BCUT2D eigenvalue weighted by Crippen LogP contribution is 2.27. The number of hydrogen-bond acceptors (Lipinski definition) is 5. The number of carbonyl (C=O) groups excluding carboxylic acids is 1. The average Bonchev–Trinajstić information content (AvgIpc) is 2.72. The van der Waals surface area contributed by atoms with Gasteiger partial charge in [0.25, 0.3) is 5.56 Å². The molecule has 0 aliphatic heterocycles. The van der Waals surface area contributed by atoms with Gasteiger partial charge in [-0.15, -0.1) is 0 Å². The van der Waals surface area contributed by atoms with Crippen molar-refractivity contribution >= 4 is 40.2 Å². The largest absolute Gasteiger partial charge is 0.495 e. The Balaban J connectivity index is 2.07. The van der Waals surface area contributed by atoms with Gasteiger partial charge in [-0.05, 0) is 43.2 Å². The summed E-state index contributed by atoms with van der Waals surface area (Å²) < 4.78 is 6.93. The molecule has 1 aromatic heterocycles. The van der Waals surface area contributed by atoms with Crippen LogP contribution < -0.4 is 15.6 Å². The van der Waals surface area contributed by atoms with Crippen LogP contribution in [0.15, 0.2) is 52.4 Å². The molecular formula is C22H24ClN3O3S. The van der Waals surface area contributed by atoms with Crippen molar-refractivity contribution < 1.29 is 9.53 Å². The Hall–Kier alpha value is -2.51. The molecule has 1 amide bonds. The predicted octanol–water partition coefficient (Wildman–Crippen LogP) is 4.30. The predicted molar refractivity (Wildman–Crippen MR) is 122 cm³/mol. The van der Waals surface area contributed by atoms with Crippen molar-refractivity contribution in [2.24, 2.45) is 5.92 Å². The van der Waals surface area contributed by atoms with Crippen molar-refractivity contribution in [3.63, 3.8) is 0 Å². The summed E-state index contributed by atoms with van der Waals surface area (Å²) in [6.45, 7) is 6.06. The summed E-state index contributed by atoms with van der Waals surface area (Å²) >= 11 is 7.30. The highest BCUT2D eigenvalue weighted by molar-refractivity contribution is 7.99. The number of thioether (sulfide) groups is 1. The third-order valence-corrected chi connectivity index (χ3v) is 6.02. The van der Waals surface area contributed by atoms with Gasteiger partial charge in [0.05, 0.1) is 29.5 Å². The molecule has 2 aromatic carbocycles. The van der Waals surface area contributed by atoms with Crippen LogP contribution in [0.5, 0.6) is 5.75 Å². The van der Waals surface area contributed by atoms with Crippen molar-refractivity contribution in [1.82, 2.24) is 14.9 Å². The van der Waals surface area contributed by atoms with Crippen LogP contribution >= 0.6 is 23.4 Å². The Morgan fingerprint density at radius 3 is 2.67 bits per heavy atom. The molecule has 158 valence electrons. The summed E-state index contributed by atoms with van der Waals surface area (Å²) in [6, 6.07) is 12.2. The average molecular weight is 446 g/mol. The molecule has 1 atom stereocenters. The minimum absolute atomic E-state index is 0.0536. The quantitative estimate of drug-likeness (QED) is 0.433. The minimum atomic E-state index is -0.250. The van der Waals surface area contributed by atoms with Crippen molar-refractivity contribution in [1.29, 1.82) is 0 Å². The van der Waals surface area contributed by atoms with E-state index < -0.39 is 0 Å². The lowest BCUT2D eigenvalue weighted by Crippen LogP contribution is -2.37. The van der Waals surface area contributed by atoms with Crippen LogP contribution in [0.4, 0.5) is 0 Å². The van der Waals surface area contributed by atoms with E-state index in [-0.39, 0.29) is 23.3 Å². The number of nitrogens with one attached hydrogen (secondary N) is 1. The van der Waals surface area contributed by atoms with E-state index in [1.54, 1.807) is 37.4 Å². The van der Waals surface area contributed by atoms with Crippen LogP contribution in [-0.4, -0.2) is 34.4 Å². The Morgan fingerprint density at radius 2 is 1.97 bits per heavy atom. The van der Waals surface area contributed by atoms with E-state index in [0.717, 1.165) is 0 Å². The molecule has 0 spiro atoms. The molecule has 0 bridgehead atoms. The van der Waals surface area contributed by atoms with Gasteiger partial charge >= 0.3 is 0 Å². The van der Waals surface area contributed by atoms with Crippen molar-refractivity contribution in [3.8, 4) is 11.4 Å². The van der Waals surface area contributed by atoms with Crippen LogP contribution in [0.3, 0.4) is 0 Å². The molecule has 0 aliphatic carbocycles. The number of fused-ring (bicyclic) bond motifs is 1. The van der Waals surface area contributed by atoms with E-state index >= 15 is 0 Å². The summed E-state index contributed by atoms with van der Waals surface area (Å²) in [7, 11) is 1.55. The highest BCUT2D eigenvalue weighted by Gasteiger charge is 2.18. The molecule has 0 saturated heterocycles. The zero-order chi connectivity index (χ0) is 21.8. The Bertz CT molecular complexity index is 1130. The monoisotopic (exact) mass is 445 g/mol. The first-order valence-electron chi connectivity index (χ1n) is 9.59. The second-order valence-corrected chi connectivity index (χ2v) is 8.64. The molecule has 0 aliphatic rings. The molecule has 1 N–H and O–H groups in total. The third-order valence-electron chi connectivity index (χ3n) is 4.85. The maximum atomic E-state index is 13.4. The molecule has 0 fully saturated rings. The Labute approximate surface area is 184 Å². The molecule has 3 aromatic rings. The third kappa shape index (κ3) is 4.79. The van der Waals surface area contributed by atoms with Gasteiger partial charge in [-0.25, -0.2) is 4.98 Å². The van der Waals surface area contributed by atoms with E-state index in [4.69, 9.17) is 16.3 Å². The first-order chi connectivity index (χ1) is 14.3. The summed E-state index contributed by atoms with van der Waals surface area (Å²) in [5.41, 5.74) is 0.796.